The minimum atomic E-state index is -0.254. The number of nitrogens with two attached hydrogens (primary N) is 1. The maximum absolute atomic E-state index is 8.49. The van der Waals surface area contributed by atoms with Gasteiger partial charge >= 0.3 is 0 Å². The molecule has 1 rings (SSSR count). The molecule has 13 heavy (non-hydrogen) atoms. The molecule has 74 valence electrons. The number of nitriles is 1. The smallest absolute Gasteiger partial charge is 0.0935 e. The fourth-order valence-corrected chi connectivity index (χ4v) is 3.05. The summed E-state index contributed by atoms with van der Waals surface area (Å²) in [6.45, 7) is 0. The SMILES string of the molecule is N#CC(N)CCSC1CCCCC1. The highest BCUT2D eigenvalue weighted by molar-refractivity contribution is 7.99. The van der Waals surface area contributed by atoms with Crippen molar-refractivity contribution in [1.29, 1.82) is 5.26 Å². The van der Waals surface area contributed by atoms with Crippen molar-refractivity contribution in [2.24, 2.45) is 5.73 Å². The molecule has 2 nitrogen and oxygen atoms in total. The third kappa shape index (κ3) is 4.54. The van der Waals surface area contributed by atoms with Gasteiger partial charge in [0.2, 0.25) is 0 Å². The summed E-state index contributed by atoms with van der Waals surface area (Å²) < 4.78 is 0. The Bertz CT molecular complexity index is 170. The number of hydrogen-bond acceptors (Lipinski definition) is 3. The first-order chi connectivity index (χ1) is 6.33. The first-order valence-electron chi connectivity index (χ1n) is 5.09. The van der Waals surface area contributed by atoms with E-state index in [1.54, 1.807) is 0 Å². The molecule has 0 spiro atoms. The maximum Gasteiger partial charge on any atom is 0.0935 e. The zero-order valence-electron chi connectivity index (χ0n) is 8.04. The van der Waals surface area contributed by atoms with E-state index in [-0.39, 0.29) is 6.04 Å². The molecule has 0 aromatic rings. The van der Waals surface area contributed by atoms with Crippen LogP contribution in [-0.2, 0) is 0 Å². The number of rotatable bonds is 4. The molecule has 0 amide bonds. The van der Waals surface area contributed by atoms with Gasteiger partial charge in [-0.3, -0.25) is 0 Å². The molecule has 1 aliphatic rings. The zero-order chi connectivity index (χ0) is 9.52. The molecule has 1 saturated carbocycles. The lowest BCUT2D eigenvalue weighted by Crippen LogP contribution is -2.19. The van der Waals surface area contributed by atoms with E-state index in [4.69, 9.17) is 11.0 Å². The lowest BCUT2D eigenvalue weighted by molar-refractivity contribution is 0.516. The summed E-state index contributed by atoms with van der Waals surface area (Å²) in [6.07, 6.45) is 7.77. The minimum Gasteiger partial charge on any atom is -0.316 e. The first-order valence-corrected chi connectivity index (χ1v) is 6.14. The van der Waals surface area contributed by atoms with E-state index >= 15 is 0 Å². The van der Waals surface area contributed by atoms with Crippen LogP contribution in [0.2, 0.25) is 0 Å². The maximum atomic E-state index is 8.49. The Morgan fingerprint density at radius 3 is 2.69 bits per heavy atom. The van der Waals surface area contributed by atoms with Gasteiger partial charge < -0.3 is 5.73 Å². The molecule has 0 aromatic heterocycles. The molecule has 1 unspecified atom stereocenters. The molecule has 0 radical (unpaired) electrons. The van der Waals surface area contributed by atoms with Gasteiger partial charge in [0.1, 0.15) is 0 Å². The summed E-state index contributed by atoms with van der Waals surface area (Å²) in [5.41, 5.74) is 5.51. The quantitative estimate of drug-likeness (QED) is 0.754. The van der Waals surface area contributed by atoms with E-state index < -0.39 is 0 Å². The molecule has 1 fully saturated rings. The summed E-state index contributed by atoms with van der Waals surface area (Å²) in [7, 11) is 0. The standard InChI is InChI=1S/C10H18N2S/c11-8-9(12)6-7-13-10-4-2-1-3-5-10/h9-10H,1-7,12H2. The van der Waals surface area contributed by atoms with E-state index in [0.717, 1.165) is 17.4 Å². The van der Waals surface area contributed by atoms with Crippen LogP contribution in [0.3, 0.4) is 0 Å². The van der Waals surface area contributed by atoms with Crippen molar-refractivity contribution < 1.29 is 0 Å². The third-order valence-electron chi connectivity index (χ3n) is 2.50. The third-order valence-corrected chi connectivity index (χ3v) is 3.91. The van der Waals surface area contributed by atoms with Crippen LogP contribution < -0.4 is 5.73 Å². The van der Waals surface area contributed by atoms with Crippen molar-refractivity contribution in [3.05, 3.63) is 0 Å². The van der Waals surface area contributed by atoms with E-state index in [1.807, 2.05) is 11.8 Å². The van der Waals surface area contributed by atoms with Gasteiger partial charge in [-0.05, 0) is 25.0 Å². The average molecular weight is 198 g/mol. The minimum absolute atomic E-state index is 0.254. The fraction of sp³-hybridized carbons (Fsp3) is 0.900. The molecule has 1 aliphatic carbocycles. The van der Waals surface area contributed by atoms with Crippen molar-refractivity contribution in [3.63, 3.8) is 0 Å². The lowest BCUT2D eigenvalue weighted by Gasteiger charge is -2.20. The lowest BCUT2D eigenvalue weighted by atomic mass is 10.0. The average Bonchev–Trinajstić information content (AvgIpc) is 2.19. The fourth-order valence-electron chi connectivity index (χ4n) is 1.66. The van der Waals surface area contributed by atoms with Gasteiger partial charge in [-0.25, -0.2) is 0 Å². The van der Waals surface area contributed by atoms with Crippen LogP contribution in [0.25, 0.3) is 0 Å². The molecular formula is C10H18N2S. The van der Waals surface area contributed by atoms with Crippen LogP contribution in [0.1, 0.15) is 38.5 Å². The van der Waals surface area contributed by atoms with Crippen LogP contribution in [0.15, 0.2) is 0 Å². The van der Waals surface area contributed by atoms with Gasteiger partial charge in [0.05, 0.1) is 12.1 Å². The van der Waals surface area contributed by atoms with E-state index in [1.165, 1.54) is 32.1 Å². The molecule has 0 heterocycles. The van der Waals surface area contributed by atoms with Gasteiger partial charge in [0.25, 0.3) is 0 Å². The second-order valence-electron chi connectivity index (χ2n) is 3.66. The Hall–Kier alpha value is -0.200. The van der Waals surface area contributed by atoms with Crippen molar-refractivity contribution in [3.8, 4) is 6.07 Å². The molecule has 1 atom stereocenters. The van der Waals surface area contributed by atoms with Crippen molar-refractivity contribution in [2.75, 3.05) is 5.75 Å². The van der Waals surface area contributed by atoms with Gasteiger partial charge in [-0.15, -0.1) is 0 Å². The summed E-state index contributed by atoms with van der Waals surface area (Å²) in [6, 6.07) is 1.81. The topological polar surface area (TPSA) is 49.8 Å². The number of hydrogen-bond donors (Lipinski definition) is 1. The highest BCUT2D eigenvalue weighted by Gasteiger charge is 2.13. The molecule has 3 heteroatoms. The predicted molar refractivity (Wildman–Crippen MR) is 57.5 cm³/mol. The number of thioether (sulfide) groups is 1. The molecule has 2 N–H and O–H groups in total. The monoisotopic (exact) mass is 198 g/mol. The van der Waals surface area contributed by atoms with Gasteiger partial charge in [0.15, 0.2) is 0 Å². The summed E-state index contributed by atoms with van der Waals surface area (Å²) in [4.78, 5) is 0. The predicted octanol–water partition coefficient (Wildman–Crippen LogP) is 2.29. The molecular weight excluding hydrogens is 180 g/mol. The largest absolute Gasteiger partial charge is 0.316 e. The summed E-state index contributed by atoms with van der Waals surface area (Å²) in [5.74, 6) is 1.05. The highest BCUT2D eigenvalue weighted by Crippen LogP contribution is 2.28. The van der Waals surface area contributed by atoms with Gasteiger partial charge in [0, 0.05) is 5.25 Å². The van der Waals surface area contributed by atoms with Crippen molar-refractivity contribution in [1.82, 2.24) is 0 Å². The normalized spacial score (nSPS) is 20.9. The van der Waals surface area contributed by atoms with E-state index in [0.29, 0.717) is 0 Å². The van der Waals surface area contributed by atoms with Crippen LogP contribution in [-0.4, -0.2) is 17.0 Å². The zero-order valence-corrected chi connectivity index (χ0v) is 8.85. The Labute approximate surface area is 84.9 Å². The van der Waals surface area contributed by atoms with Crippen molar-refractivity contribution >= 4 is 11.8 Å². The Balaban J connectivity index is 2.02. The van der Waals surface area contributed by atoms with E-state index in [2.05, 4.69) is 6.07 Å². The second kappa shape index (κ2) is 6.28. The Kier molecular flexibility index (Phi) is 5.26. The molecule has 0 bridgehead atoms. The van der Waals surface area contributed by atoms with Crippen LogP contribution in [0.4, 0.5) is 0 Å². The number of nitrogens with zero attached hydrogens (tertiary/aromatic N) is 1. The molecule has 0 saturated heterocycles. The van der Waals surface area contributed by atoms with Gasteiger partial charge in [-0.1, -0.05) is 19.3 Å². The van der Waals surface area contributed by atoms with Crippen LogP contribution in [0.5, 0.6) is 0 Å². The van der Waals surface area contributed by atoms with Crippen molar-refractivity contribution in [2.45, 2.75) is 49.8 Å². The van der Waals surface area contributed by atoms with Gasteiger partial charge in [-0.2, -0.15) is 17.0 Å². The Morgan fingerprint density at radius 2 is 2.08 bits per heavy atom. The Morgan fingerprint density at radius 1 is 1.38 bits per heavy atom. The first kappa shape index (κ1) is 10.9. The summed E-state index contributed by atoms with van der Waals surface area (Å²) >= 11 is 2.01. The second-order valence-corrected chi connectivity index (χ2v) is 5.06. The van der Waals surface area contributed by atoms with Crippen LogP contribution in [0, 0.1) is 11.3 Å². The molecule has 0 aromatic carbocycles. The highest BCUT2D eigenvalue weighted by atomic mass is 32.2. The molecule has 0 aliphatic heterocycles. The summed E-state index contributed by atoms with van der Waals surface area (Å²) in [5, 5.41) is 9.33. The van der Waals surface area contributed by atoms with E-state index in [9.17, 15) is 0 Å². The van der Waals surface area contributed by atoms with Crippen LogP contribution >= 0.6 is 11.8 Å².